The molecule has 1 aliphatic rings. The molecule has 2 aromatic carbocycles. The molecular formula is C24H25ClN4O4. The van der Waals surface area contributed by atoms with E-state index in [0.717, 1.165) is 11.1 Å². The molecule has 4 rings (SSSR count). The van der Waals surface area contributed by atoms with Crippen molar-refractivity contribution in [3.05, 3.63) is 91.6 Å². The lowest BCUT2D eigenvalue weighted by Crippen LogP contribution is -2.43. The molecule has 2 unspecified atom stereocenters. The number of methoxy groups -OCH3 is 1. The lowest BCUT2D eigenvalue weighted by Gasteiger charge is -2.24. The van der Waals surface area contributed by atoms with Crippen molar-refractivity contribution in [2.24, 2.45) is 5.92 Å². The Morgan fingerprint density at radius 2 is 1.88 bits per heavy atom. The molecule has 0 saturated heterocycles. The third kappa shape index (κ3) is 4.72. The van der Waals surface area contributed by atoms with E-state index in [4.69, 9.17) is 22.1 Å². The molecule has 2 atom stereocenters. The summed E-state index contributed by atoms with van der Waals surface area (Å²) in [4.78, 5) is 42.5. The Balaban J connectivity index is 1.69. The normalized spacial score (nSPS) is 17.0. The number of nitrogens with zero attached hydrogens (tertiary/aromatic N) is 2. The van der Waals surface area contributed by atoms with Crippen LogP contribution < -0.4 is 21.9 Å². The summed E-state index contributed by atoms with van der Waals surface area (Å²) in [6.45, 7) is 0.483. The van der Waals surface area contributed by atoms with E-state index in [2.05, 4.69) is 4.98 Å². The number of anilines is 2. The lowest BCUT2D eigenvalue weighted by molar-refractivity contribution is -0.120. The highest BCUT2D eigenvalue weighted by Gasteiger charge is 2.47. The summed E-state index contributed by atoms with van der Waals surface area (Å²) in [7, 11) is 1.51. The number of aromatic amines is 1. The van der Waals surface area contributed by atoms with Gasteiger partial charge in [0.2, 0.25) is 5.91 Å². The van der Waals surface area contributed by atoms with Crippen LogP contribution in [-0.2, 0) is 16.1 Å². The fourth-order valence-corrected chi connectivity index (χ4v) is 4.34. The van der Waals surface area contributed by atoms with Crippen molar-refractivity contribution in [3.8, 4) is 0 Å². The molecule has 1 fully saturated rings. The molecule has 0 spiro atoms. The van der Waals surface area contributed by atoms with E-state index >= 15 is 0 Å². The number of amides is 1. The maximum absolute atomic E-state index is 13.5. The highest BCUT2D eigenvalue weighted by molar-refractivity contribution is 6.31. The first-order valence-corrected chi connectivity index (χ1v) is 11.0. The number of carbonyl (C=O) groups is 1. The Hall–Kier alpha value is -3.36. The molecule has 8 nitrogen and oxygen atoms in total. The van der Waals surface area contributed by atoms with Crippen LogP contribution in [0.15, 0.2) is 64.2 Å². The summed E-state index contributed by atoms with van der Waals surface area (Å²) < 4.78 is 6.43. The number of nitrogen functional groups attached to an aromatic ring is 1. The molecular weight excluding hydrogens is 444 g/mol. The van der Waals surface area contributed by atoms with Crippen LogP contribution in [0.2, 0.25) is 5.02 Å². The minimum Gasteiger partial charge on any atom is -0.383 e. The SMILES string of the molecule is COCCN(C(=O)C1CC1c1ccccc1Cl)c1c(N)n(Cc2ccccc2)c(=O)[nH]c1=O. The first-order chi connectivity index (χ1) is 15.9. The van der Waals surface area contributed by atoms with E-state index in [0.29, 0.717) is 11.4 Å². The third-order valence-electron chi connectivity index (χ3n) is 5.86. The van der Waals surface area contributed by atoms with E-state index in [-0.39, 0.29) is 48.9 Å². The molecule has 1 aromatic heterocycles. The van der Waals surface area contributed by atoms with E-state index < -0.39 is 11.2 Å². The van der Waals surface area contributed by atoms with Gasteiger partial charge in [-0.25, -0.2) is 4.79 Å². The summed E-state index contributed by atoms with van der Waals surface area (Å²) in [5.41, 5.74) is 6.67. The van der Waals surface area contributed by atoms with Crippen LogP contribution >= 0.6 is 11.6 Å². The molecule has 172 valence electrons. The van der Waals surface area contributed by atoms with Crippen molar-refractivity contribution in [1.29, 1.82) is 0 Å². The zero-order valence-corrected chi connectivity index (χ0v) is 18.9. The zero-order chi connectivity index (χ0) is 23.5. The molecule has 9 heteroatoms. The molecule has 1 amide bonds. The summed E-state index contributed by atoms with van der Waals surface area (Å²) in [6.07, 6.45) is 0.619. The van der Waals surface area contributed by atoms with Crippen LogP contribution in [0, 0.1) is 5.92 Å². The largest absolute Gasteiger partial charge is 0.383 e. The van der Waals surface area contributed by atoms with E-state index in [1.807, 2.05) is 48.5 Å². The zero-order valence-electron chi connectivity index (χ0n) is 18.2. The molecule has 1 aliphatic carbocycles. The van der Waals surface area contributed by atoms with Crippen molar-refractivity contribution in [1.82, 2.24) is 9.55 Å². The number of hydrogen-bond acceptors (Lipinski definition) is 5. The number of nitrogens with one attached hydrogen (secondary N) is 1. The second-order valence-corrected chi connectivity index (χ2v) is 8.42. The molecule has 3 N–H and O–H groups in total. The van der Waals surface area contributed by atoms with Gasteiger partial charge < -0.3 is 15.4 Å². The minimum absolute atomic E-state index is 0.0354. The highest BCUT2D eigenvalue weighted by Crippen LogP contribution is 2.50. The molecule has 1 saturated carbocycles. The number of nitrogens with two attached hydrogens (primary N) is 1. The number of benzene rings is 2. The monoisotopic (exact) mass is 468 g/mol. The summed E-state index contributed by atoms with van der Waals surface area (Å²) >= 11 is 6.32. The fourth-order valence-electron chi connectivity index (χ4n) is 4.06. The van der Waals surface area contributed by atoms with Crippen molar-refractivity contribution >= 4 is 29.0 Å². The maximum atomic E-state index is 13.5. The van der Waals surface area contributed by atoms with E-state index in [1.54, 1.807) is 6.07 Å². The van der Waals surface area contributed by atoms with Gasteiger partial charge in [0.05, 0.1) is 13.2 Å². The van der Waals surface area contributed by atoms with Crippen LogP contribution in [0.4, 0.5) is 11.5 Å². The smallest absolute Gasteiger partial charge is 0.330 e. The Morgan fingerprint density at radius 3 is 2.58 bits per heavy atom. The number of hydrogen-bond donors (Lipinski definition) is 2. The van der Waals surface area contributed by atoms with Crippen molar-refractivity contribution in [3.63, 3.8) is 0 Å². The maximum Gasteiger partial charge on any atom is 0.330 e. The lowest BCUT2D eigenvalue weighted by atomic mass is 10.1. The average Bonchev–Trinajstić information content (AvgIpc) is 3.60. The van der Waals surface area contributed by atoms with Gasteiger partial charge in [-0.3, -0.25) is 19.1 Å². The first-order valence-electron chi connectivity index (χ1n) is 10.6. The van der Waals surface area contributed by atoms with Gasteiger partial charge in [0, 0.05) is 24.6 Å². The van der Waals surface area contributed by atoms with E-state index in [1.165, 1.54) is 16.6 Å². The predicted molar refractivity (Wildman–Crippen MR) is 128 cm³/mol. The van der Waals surface area contributed by atoms with Gasteiger partial charge in [-0.05, 0) is 29.5 Å². The second-order valence-electron chi connectivity index (χ2n) is 8.02. The number of ether oxygens (including phenoxy) is 1. The van der Waals surface area contributed by atoms with Crippen LogP contribution in [-0.4, -0.2) is 35.7 Å². The molecule has 1 heterocycles. The van der Waals surface area contributed by atoms with Crippen LogP contribution in [0.25, 0.3) is 0 Å². The van der Waals surface area contributed by atoms with Gasteiger partial charge in [-0.1, -0.05) is 60.1 Å². The Kier molecular flexibility index (Phi) is 6.67. The van der Waals surface area contributed by atoms with Crippen LogP contribution in [0.1, 0.15) is 23.5 Å². The standard InChI is InChI=1S/C24H25ClN4O4/c1-33-12-11-28(23(31)18-13-17(18)16-9-5-6-10-19(16)25)20-21(26)29(24(32)27-22(20)30)14-15-7-3-2-4-8-15/h2-10,17-18H,11-14,26H2,1H3,(H,27,30,32). The number of aromatic nitrogens is 2. The van der Waals surface area contributed by atoms with Gasteiger partial charge >= 0.3 is 5.69 Å². The Bertz CT molecular complexity index is 1270. The molecule has 0 radical (unpaired) electrons. The third-order valence-corrected chi connectivity index (χ3v) is 6.21. The van der Waals surface area contributed by atoms with Gasteiger partial charge in [0.25, 0.3) is 5.56 Å². The number of carbonyl (C=O) groups excluding carboxylic acids is 1. The number of rotatable bonds is 8. The van der Waals surface area contributed by atoms with Gasteiger partial charge in [0.15, 0.2) is 5.69 Å². The van der Waals surface area contributed by atoms with Crippen LogP contribution in [0.5, 0.6) is 0 Å². The number of halogens is 1. The Labute approximate surface area is 195 Å². The summed E-state index contributed by atoms with van der Waals surface area (Å²) in [5.74, 6) is -0.687. The van der Waals surface area contributed by atoms with Gasteiger partial charge in [-0.2, -0.15) is 0 Å². The summed E-state index contributed by atoms with van der Waals surface area (Å²) in [5, 5.41) is 0.606. The van der Waals surface area contributed by atoms with Crippen molar-refractivity contribution < 1.29 is 9.53 Å². The molecule has 0 bridgehead atoms. The molecule has 0 aliphatic heterocycles. The minimum atomic E-state index is -0.707. The number of H-pyrrole nitrogens is 1. The highest BCUT2D eigenvalue weighted by atomic mass is 35.5. The quantitative estimate of drug-likeness (QED) is 0.528. The molecule has 3 aromatic rings. The first kappa shape index (κ1) is 22.8. The summed E-state index contributed by atoms with van der Waals surface area (Å²) in [6, 6.07) is 16.7. The second kappa shape index (κ2) is 9.64. The van der Waals surface area contributed by atoms with Crippen LogP contribution in [0.3, 0.4) is 0 Å². The topological polar surface area (TPSA) is 110 Å². The molecule has 33 heavy (non-hydrogen) atoms. The van der Waals surface area contributed by atoms with E-state index in [9.17, 15) is 14.4 Å². The predicted octanol–water partition coefficient (Wildman–Crippen LogP) is 2.60. The Morgan fingerprint density at radius 1 is 1.18 bits per heavy atom. The average molecular weight is 469 g/mol. The fraction of sp³-hybridized carbons (Fsp3) is 0.292. The van der Waals surface area contributed by atoms with Crippen molar-refractivity contribution in [2.45, 2.75) is 18.9 Å². The van der Waals surface area contributed by atoms with Crippen molar-refractivity contribution in [2.75, 3.05) is 30.9 Å². The van der Waals surface area contributed by atoms with Gasteiger partial charge in [0.1, 0.15) is 5.82 Å². The van der Waals surface area contributed by atoms with Gasteiger partial charge in [-0.15, -0.1) is 0 Å².